The molecule has 2 rings (SSSR count). The smallest absolute Gasteiger partial charge is 0.191 e. The molecule has 1 saturated heterocycles. The van der Waals surface area contributed by atoms with Gasteiger partial charge in [0.1, 0.15) is 0 Å². The van der Waals surface area contributed by atoms with Crippen molar-refractivity contribution in [3.8, 4) is 0 Å². The molecule has 1 aromatic heterocycles. The van der Waals surface area contributed by atoms with E-state index in [0.717, 1.165) is 58.1 Å². The minimum absolute atomic E-state index is 0.269. The molecule has 0 atom stereocenters. The van der Waals surface area contributed by atoms with Crippen molar-refractivity contribution in [3.63, 3.8) is 0 Å². The first-order valence-corrected chi connectivity index (χ1v) is 9.05. The molecule has 0 amide bonds. The maximum absolute atomic E-state index is 5.48. The molecule has 124 valence electrons. The van der Waals surface area contributed by atoms with E-state index in [-0.39, 0.29) is 4.75 Å². The van der Waals surface area contributed by atoms with Gasteiger partial charge in [-0.25, -0.2) is 0 Å². The lowest BCUT2D eigenvalue weighted by atomic mass is 9.99. The van der Waals surface area contributed by atoms with Crippen LogP contribution in [-0.4, -0.2) is 60.1 Å². The second-order valence-electron chi connectivity index (χ2n) is 5.47. The van der Waals surface area contributed by atoms with Crippen LogP contribution in [0, 0.1) is 0 Å². The van der Waals surface area contributed by atoms with Gasteiger partial charge in [-0.05, 0) is 31.6 Å². The number of hydrogen-bond acceptors (Lipinski definition) is 4. The van der Waals surface area contributed by atoms with Crippen LogP contribution < -0.4 is 10.6 Å². The van der Waals surface area contributed by atoms with Crippen LogP contribution in [0.4, 0.5) is 0 Å². The Bertz CT molecular complexity index is 443. The molecule has 1 fully saturated rings. The minimum atomic E-state index is 0.269. The number of nitrogens with one attached hydrogen (secondary N) is 2. The van der Waals surface area contributed by atoms with Gasteiger partial charge in [-0.2, -0.15) is 16.9 Å². The van der Waals surface area contributed by atoms with Crippen molar-refractivity contribution in [2.24, 2.45) is 4.99 Å². The molecule has 0 aliphatic carbocycles. The SMILES string of the molecule is CN=C(NCCCn1cccn1)NCC1(SC)CCOCC1. The molecule has 1 aliphatic heterocycles. The Balaban J connectivity index is 1.68. The summed E-state index contributed by atoms with van der Waals surface area (Å²) in [5.74, 6) is 0.875. The minimum Gasteiger partial charge on any atom is -0.381 e. The third-order valence-electron chi connectivity index (χ3n) is 4.05. The number of aromatic nitrogens is 2. The van der Waals surface area contributed by atoms with E-state index in [4.69, 9.17) is 4.74 Å². The molecule has 22 heavy (non-hydrogen) atoms. The highest BCUT2D eigenvalue weighted by molar-refractivity contribution is 8.00. The zero-order chi connectivity index (χ0) is 15.7. The Morgan fingerprint density at radius 3 is 2.86 bits per heavy atom. The first-order valence-electron chi connectivity index (χ1n) is 7.83. The molecule has 0 radical (unpaired) electrons. The van der Waals surface area contributed by atoms with Crippen molar-refractivity contribution in [2.45, 2.75) is 30.6 Å². The van der Waals surface area contributed by atoms with E-state index in [1.807, 2.05) is 42.0 Å². The molecule has 0 bridgehead atoms. The summed E-state index contributed by atoms with van der Waals surface area (Å²) < 4.78 is 7.70. The lowest BCUT2D eigenvalue weighted by Gasteiger charge is -2.36. The number of aliphatic imine (C=N–C) groups is 1. The average Bonchev–Trinajstić information content (AvgIpc) is 3.08. The fourth-order valence-corrected chi connectivity index (χ4v) is 3.33. The molecular formula is C15H27N5OS. The summed E-state index contributed by atoms with van der Waals surface area (Å²) in [6, 6.07) is 1.95. The van der Waals surface area contributed by atoms with Gasteiger partial charge in [-0.3, -0.25) is 9.67 Å². The van der Waals surface area contributed by atoms with Crippen LogP contribution in [0.3, 0.4) is 0 Å². The highest BCUT2D eigenvalue weighted by atomic mass is 32.2. The second kappa shape index (κ2) is 9.05. The van der Waals surface area contributed by atoms with Crippen molar-refractivity contribution >= 4 is 17.7 Å². The highest BCUT2D eigenvalue weighted by Crippen LogP contribution is 2.32. The molecule has 2 heterocycles. The van der Waals surface area contributed by atoms with E-state index in [1.165, 1.54) is 0 Å². The Morgan fingerprint density at radius 2 is 2.23 bits per heavy atom. The summed E-state index contributed by atoms with van der Waals surface area (Å²) >= 11 is 1.94. The molecule has 2 N–H and O–H groups in total. The van der Waals surface area contributed by atoms with Gasteiger partial charge in [0.2, 0.25) is 0 Å². The lowest BCUT2D eigenvalue weighted by molar-refractivity contribution is 0.0783. The number of thioether (sulfide) groups is 1. The van der Waals surface area contributed by atoms with Gasteiger partial charge in [0, 0.05) is 57.0 Å². The lowest BCUT2D eigenvalue weighted by Crippen LogP contribution is -2.48. The fraction of sp³-hybridized carbons (Fsp3) is 0.733. The first-order chi connectivity index (χ1) is 10.8. The summed E-state index contributed by atoms with van der Waals surface area (Å²) in [7, 11) is 1.82. The number of guanidine groups is 1. The van der Waals surface area contributed by atoms with Crippen molar-refractivity contribution < 1.29 is 4.74 Å². The van der Waals surface area contributed by atoms with E-state index in [0.29, 0.717) is 0 Å². The van der Waals surface area contributed by atoms with Crippen LogP contribution >= 0.6 is 11.8 Å². The maximum Gasteiger partial charge on any atom is 0.191 e. The van der Waals surface area contributed by atoms with E-state index < -0.39 is 0 Å². The third kappa shape index (κ3) is 5.21. The molecule has 0 aromatic carbocycles. The molecular weight excluding hydrogens is 298 g/mol. The van der Waals surface area contributed by atoms with Gasteiger partial charge in [0.25, 0.3) is 0 Å². The van der Waals surface area contributed by atoms with Crippen molar-refractivity contribution in [2.75, 3.05) is 39.6 Å². The molecule has 6 nitrogen and oxygen atoms in total. The van der Waals surface area contributed by atoms with Gasteiger partial charge in [0.15, 0.2) is 5.96 Å². The Labute approximate surface area is 137 Å². The molecule has 0 saturated carbocycles. The number of hydrogen-bond donors (Lipinski definition) is 2. The standard InChI is InChI=1S/C15H27N5OS/c1-16-14(17-7-3-9-20-10-4-8-19-20)18-13-15(22-2)5-11-21-12-6-15/h4,8,10H,3,5-7,9,11-13H2,1-2H3,(H2,16,17,18). The maximum atomic E-state index is 5.48. The largest absolute Gasteiger partial charge is 0.381 e. The normalized spacial score (nSPS) is 18.2. The van der Waals surface area contributed by atoms with Gasteiger partial charge >= 0.3 is 0 Å². The van der Waals surface area contributed by atoms with E-state index in [1.54, 1.807) is 0 Å². The van der Waals surface area contributed by atoms with Crippen LogP contribution in [0.1, 0.15) is 19.3 Å². The number of nitrogens with zero attached hydrogens (tertiary/aromatic N) is 3. The van der Waals surface area contributed by atoms with E-state index in [9.17, 15) is 0 Å². The van der Waals surface area contributed by atoms with Crippen LogP contribution in [0.2, 0.25) is 0 Å². The second-order valence-corrected chi connectivity index (χ2v) is 6.75. The van der Waals surface area contributed by atoms with Crippen LogP contribution in [0.25, 0.3) is 0 Å². The summed E-state index contributed by atoms with van der Waals surface area (Å²) in [5, 5.41) is 11.0. The zero-order valence-electron chi connectivity index (χ0n) is 13.5. The molecule has 7 heteroatoms. The zero-order valence-corrected chi connectivity index (χ0v) is 14.4. The predicted octanol–water partition coefficient (Wildman–Crippen LogP) is 1.35. The quantitative estimate of drug-likeness (QED) is 0.450. The summed E-state index contributed by atoms with van der Waals surface area (Å²) in [6.45, 7) is 4.45. The topological polar surface area (TPSA) is 63.5 Å². The predicted molar refractivity (Wildman–Crippen MR) is 92.5 cm³/mol. The summed E-state index contributed by atoms with van der Waals surface area (Å²) in [4.78, 5) is 4.30. The molecule has 1 aliphatic rings. The van der Waals surface area contributed by atoms with E-state index in [2.05, 4.69) is 27.0 Å². The van der Waals surface area contributed by atoms with Crippen LogP contribution in [0.15, 0.2) is 23.5 Å². The monoisotopic (exact) mass is 325 g/mol. The summed E-state index contributed by atoms with van der Waals surface area (Å²) in [6.07, 6.45) is 9.19. The van der Waals surface area contributed by atoms with E-state index >= 15 is 0 Å². The number of ether oxygens (including phenoxy) is 1. The Morgan fingerprint density at radius 1 is 1.41 bits per heavy atom. The Hall–Kier alpha value is -1.21. The molecule has 0 unspecified atom stereocenters. The average molecular weight is 325 g/mol. The van der Waals surface area contributed by atoms with Crippen molar-refractivity contribution in [3.05, 3.63) is 18.5 Å². The molecule has 1 aromatic rings. The number of rotatable bonds is 7. The van der Waals surface area contributed by atoms with Gasteiger partial charge < -0.3 is 15.4 Å². The molecule has 0 spiro atoms. The van der Waals surface area contributed by atoms with Crippen molar-refractivity contribution in [1.29, 1.82) is 0 Å². The van der Waals surface area contributed by atoms with Gasteiger partial charge in [0.05, 0.1) is 0 Å². The number of aryl methyl sites for hydroxylation is 1. The van der Waals surface area contributed by atoms with Gasteiger partial charge in [-0.15, -0.1) is 0 Å². The van der Waals surface area contributed by atoms with Crippen molar-refractivity contribution in [1.82, 2.24) is 20.4 Å². The highest BCUT2D eigenvalue weighted by Gasteiger charge is 2.31. The Kier molecular flexibility index (Phi) is 7.05. The van der Waals surface area contributed by atoms with Crippen LogP contribution in [-0.2, 0) is 11.3 Å². The first kappa shape index (κ1) is 17.1. The van der Waals surface area contributed by atoms with Crippen LogP contribution in [0.5, 0.6) is 0 Å². The third-order valence-corrected chi connectivity index (χ3v) is 5.47. The summed E-state index contributed by atoms with van der Waals surface area (Å²) in [5.41, 5.74) is 0. The fourth-order valence-electron chi connectivity index (χ4n) is 2.54. The van der Waals surface area contributed by atoms with Gasteiger partial charge in [-0.1, -0.05) is 0 Å².